The Morgan fingerprint density at radius 3 is 2.51 bits per heavy atom. The van der Waals surface area contributed by atoms with Gasteiger partial charge in [0.05, 0.1) is 22.0 Å². The van der Waals surface area contributed by atoms with Crippen molar-refractivity contribution in [2.45, 2.75) is 70.6 Å². The van der Waals surface area contributed by atoms with E-state index in [2.05, 4.69) is 36.6 Å². The molecule has 0 bridgehead atoms. The molecule has 192 valence electrons. The highest BCUT2D eigenvalue weighted by Crippen LogP contribution is 2.34. The van der Waals surface area contributed by atoms with Gasteiger partial charge in [0, 0.05) is 25.4 Å². The van der Waals surface area contributed by atoms with E-state index in [-0.39, 0.29) is 5.92 Å². The van der Waals surface area contributed by atoms with Gasteiger partial charge in [-0.05, 0) is 80.6 Å². The van der Waals surface area contributed by atoms with Gasteiger partial charge in [0.1, 0.15) is 5.75 Å². The first-order chi connectivity index (χ1) is 17.1. The van der Waals surface area contributed by atoms with Crippen molar-refractivity contribution in [1.29, 1.82) is 0 Å². The molecular formula is C30H45N3OS. The third kappa shape index (κ3) is 7.41. The SMILES string of the molecule is C=c1nc(CC2CCC(CN3CCCCCC3)CCC2C)sc1=CC(CN)c1ccc(OC)cc1. The van der Waals surface area contributed by atoms with Crippen molar-refractivity contribution >= 4 is 24.0 Å². The summed E-state index contributed by atoms with van der Waals surface area (Å²) in [6.07, 6.45) is 14.5. The molecule has 1 aliphatic heterocycles. The molecule has 0 spiro atoms. The number of rotatable bonds is 8. The Hall–Kier alpha value is -1.69. The van der Waals surface area contributed by atoms with Gasteiger partial charge < -0.3 is 15.4 Å². The van der Waals surface area contributed by atoms with Gasteiger partial charge in [0.15, 0.2) is 0 Å². The second-order valence-corrected chi connectivity index (χ2v) is 12.0. The van der Waals surface area contributed by atoms with Crippen molar-refractivity contribution in [3.05, 3.63) is 44.7 Å². The molecule has 35 heavy (non-hydrogen) atoms. The average Bonchev–Trinajstić information content (AvgIpc) is 3.02. The van der Waals surface area contributed by atoms with E-state index in [1.54, 1.807) is 7.11 Å². The first-order valence-electron chi connectivity index (χ1n) is 13.8. The molecule has 4 unspecified atom stereocenters. The number of methoxy groups -OCH3 is 1. The summed E-state index contributed by atoms with van der Waals surface area (Å²) in [5, 5.41) is 2.15. The molecule has 2 aliphatic rings. The van der Waals surface area contributed by atoms with Crippen LogP contribution in [0.4, 0.5) is 0 Å². The van der Waals surface area contributed by atoms with E-state index in [9.17, 15) is 0 Å². The topological polar surface area (TPSA) is 51.4 Å². The fourth-order valence-corrected chi connectivity index (χ4v) is 7.08. The number of nitrogens with zero attached hydrogens (tertiary/aromatic N) is 2. The minimum atomic E-state index is 0.159. The summed E-state index contributed by atoms with van der Waals surface area (Å²) < 4.78 is 6.47. The summed E-state index contributed by atoms with van der Waals surface area (Å²) in [6, 6.07) is 8.21. The van der Waals surface area contributed by atoms with Crippen LogP contribution in [0.25, 0.3) is 12.7 Å². The van der Waals surface area contributed by atoms with Crippen LogP contribution in [-0.4, -0.2) is 43.2 Å². The van der Waals surface area contributed by atoms with Crippen LogP contribution in [0, 0.1) is 17.8 Å². The molecule has 4 rings (SSSR count). The lowest BCUT2D eigenvalue weighted by Gasteiger charge is -2.25. The molecule has 1 saturated heterocycles. The monoisotopic (exact) mass is 495 g/mol. The molecule has 1 saturated carbocycles. The summed E-state index contributed by atoms with van der Waals surface area (Å²) in [7, 11) is 1.70. The van der Waals surface area contributed by atoms with Gasteiger partial charge in [-0.25, -0.2) is 4.98 Å². The molecule has 4 atom stereocenters. The molecule has 0 amide bonds. The molecule has 1 aliphatic carbocycles. The fraction of sp³-hybridized carbons (Fsp3) is 0.633. The molecule has 2 heterocycles. The lowest BCUT2D eigenvalue weighted by molar-refractivity contribution is 0.225. The number of thiazole rings is 1. The lowest BCUT2D eigenvalue weighted by Crippen LogP contribution is -2.30. The third-order valence-electron chi connectivity index (χ3n) is 8.35. The quantitative estimate of drug-likeness (QED) is 0.527. The first-order valence-corrected chi connectivity index (χ1v) is 14.6. The van der Waals surface area contributed by atoms with Crippen molar-refractivity contribution in [2.75, 3.05) is 33.3 Å². The number of likely N-dealkylation sites (tertiary alicyclic amines) is 1. The molecule has 2 N–H and O–H groups in total. The second-order valence-electron chi connectivity index (χ2n) is 10.9. The molecule has 0 radical (unpaired) electrons. The number of ether oxygens (including phenoxy) is 1. The molecular weight excluding hydrogens is 450 g/mol. The molecule has 1 aromatic heterocycles. The number of nitrogens with two attached hydrogens (primary N) is 1. The van der Waals surface area contributed by atoms with Crippen molar-refractivity contribution in [3.63, 3.8) is 0 Å². The zero-order valence-corrected chi connectivity index (χ0v) is 22.7. The highest BCUT2D eigenvalue weighted by molar-refractivity contribution is 7.09. The Morgan fingerprint density at radius 1 is 1.11 bits per heavy atom. The number of benzene rings is 1. The highest BCUT2D eigenvalue weighted by atomic mass is 32.1. The molecule has 2 aromatic rings. The van der Waals surface area contributed by atoms with Crippen molar-refractivity contribution in [2.24, 2.45) is 23.5 Å². The van der Waals surface area contributed by atoms with Gasteiger partial charge >= 0.3 is 0 Å². The summed E-state index contributed by atoms with van der Waals surface area (Å²) in [6.45, 7) is 11.3. The van der Waals surface area contributed by atoms with Crippen molar-refractivity contribution in [1.82, 2.24) is 9.88 Å². The standard InChI is InChI=1S/C30H45N3OS/c1-22-8-9-24(21-33-16-6-4-5-7-17-33)10-11-26(22)19-30-32-23(2)29(35-30)18-27(20-31)25-12-14-28(34-3)15-13-25/h12-15,18,22,24,26-27H,2,4-11,16-17,19-21,31H2,1,3H3. The maximum atomic E-state index is 6.15. The van der Waals surface area contributed by atoms with E-state index in [0.717, 1.165) is 35.3 Å². The minimum absolute atomic E-state index is 0.159. The highest BCUT2D eigenvalue weighted by Gasteiger charge is 2.27. The van der Waals surface area contributed by atoms with E-state index in [0.29, 0.717) is 6.54 Å². The van der Waals surface area contributed by atoms with Gasteiger partial charge in [0.2, 0.25) is 0 Å². The van der Waals surface area contributed by atoms with Crippen molar-refractivity contribution < 1.29 is 4.74 Å². The normalized spacial score (nSPS) is 25.7. The van der Waals surface area contributed by atoms with Crippen LogP contribution in [0.2, 0.25) is 0 Å². The van der Waals surface area contributed by atoms with E-state index < -0.39 is 0 Å². The predicted octanol–water partition coefficient (Wildman–Crippen LogP) is 4.95. The summed E-state index contributed by atoms with van der Waals surface area (Å²) in [4.78, 5) is 7.67. The van der Waals surface area contributed by atoms with Crippen LogP contribution in [0.3, 0.4) is 0 Å². The predicted molar refractivity (Wildman–Crippen MR) is 149 cm³/mol. The minimum Gasteiger partial charge on any atom is -0.497 e. The summed E-state index contributed by atoms with van der Waals surface area (Å²) in [5.41, 5.74) is 7.36. The van der Waals surface area contributed by atoms with E-state index in [4.69, 9.17) is 15.5 Å². The largest absolute Gasteiger partial charge is 0.497 e. The molecule has 5 heteroatoms. The van der Waals surface area contributed by atoms with Crippen LogP contribution >= 0.6 is 11.3 Å². The van der Waals surface area contributed by atoms with E-state index >= 15 is 0 Å². The lowest BCUT2D eigenvalue weighted by atomic mass is 9.87. The van der Waals surface area contributed by atoms with Crippen LogP contribution in [-0.2, 0) is 6.42 Å². The average molecular weight is 496 g/mol. The Morgan fingerprint density at radius 2 is 1.83 bits per heavy atom. The van der Waals surface area contributed by atoms with Gasteiger partial charge in [0.25, 0.3) is 0 Å². The number of aromatic nitrogens is 1. The first kappa shape index (κ1) is 26.4. The van der Waals surface area contributed by atoms with Crippen molar-refractivity contribution in [3.8, 4) is 5.75 Å². The van der Waals surface area contributed by atoms with Gasteiger partial charge in [-0.15, -0.1) is 11.3 Å². The molecule has 2 fully saturated rings. The van der Waals surface area contributed by atoms with E-state index in [1.165, 1.54) is 86.1 Å². The van der Waals surface area contributed by atoms with Crippen LogP contribution in [0.1, 0.15) is 74.8 Å². The smallest absolute Gasteiger partial charge is 0.118 e. The van der Waals surface area contributed by atoms with Gasteiger partial charge in [-0.2, -0.15) is 0 Å². The third-order valence-corrected chi connectivity index (χ3v) is 9.44. The van der Waals surface area contributed by atoms with Gasteiger partial charge in [-0.1, -0.05) is 51.0 Å². The molecule has 1 aromatic carbocycles. The Kier molecular flexibility index (Phi) is 9.82. The number of hydrogen-bond donors (Lipinski definition) is 1. The number of hydrogen-bond acceptors (Lipinski definition) is 5. The van der Waals surface area contributed by atoms with Crippen LogP contribution in [0.15, 0.2) is 24.3 Å². The molecule has 4 nitrogen and oxygen atoms in total. The maximum Gasteiger partial charge on any atom is 0.118 e. The van der Waals surface area contributed by atoms with Crippen LogP contribution in [0.5, 0.6) is 5.75 Å². The Balaban J connectivity index is 1.39. The summed E-state index contributed by atoms with van der Waals surface area (Å²) >= 11 is 1.82. The van der Waals surface area contributed by atoms with Crippen LogP contribution < -0.4 is 20.4 Å². The zero-order chi connectivity index (χ0) is 24.6. The Labute approximate surface area is 216 Å². The summed E-state index contributed by atoms with van der Waals surface area (Å²) in [5.74, 6) is 3.40. The van der Waals surface area contributed by atoms with Gasteiger partial charge in [-0.3, -0.25) is 0 Å². The zero-order valence-electron chi connectivity index (χ0n) is 21.9. The maximum absolute atomic E-state index is 6.15. The van der Waals surface area contributed by atoms with E-state index in [1.807, 2.05) is 23.5 Å². The fourth-order valence-electron chi connectivity index (χ4n) is 5.97. The Bertz CT molecular complexity index is 1010. The second kappa shape index (κ2) is 13.0.